The largest absolute Gasteiger partial charge is 0.472 e. The molecule has 13 heteroatoms. The Bertz CT molecular complexity index is 1440. The summed E-state index contributed by atoms with van der Waals surface area (Å²) in [5.74, 6) is 1.23. The van der Waals surface area contributed by atoms with E-state index in [9.17, 15) is 29.3 Å². The molecule has 12 nitrogen and oxygen atoms in total. The number of carbonyl (C=O) groups excluding carboxylic acids is 2. The highest BCUT2D eigenvalue weighted by atomic mass is 31.2. The molecular weight excluding hydrogens is 785 g/mol. The van der Waals surface area contributed by atoms with E-state index >= 15 is 0 Å². The summed E-state index contributed by atoms with van der Waals surface area (Å²) in [5, 5.41) is 20.2. The minimum atomic E-state index is -4.46. The second-order valence-electron chi connectivity index (χ2n) is 15.5. The molecule has 1 heterocycles. The summed E-state index contributed by atoms with van der Waals surface area (Å²) in [6.45, 7) is 7.64. The van der Waals surface area contributed by atoms with Gasteiger partial charge >= 0.3 is 19.8 Å². The van der Waals surface area contributed by atoms with E-state index in [1.165, 1.54) is 43.2 Å². The molecular formula is C47H80NO11P. The van der Waals surface area contributed by atoms with Gasteiger partial charge in [0, 0.05) is 32.2 Å². The molecule has 0 bridgehead atoms. The smallest absolute Gasteiger partial charge is 0.466 e. The summed E-state index contributed by atoms with van der Waals surface area (Å²) in [6.07, 6.45) is 31.8. The van der Waals surface area contributed by atoms with Crippen LogP contribution in [0.5, 0.6) is 0 Å². The number of phosphoric ester groups is 1. The Balaban J connectivity index is 2.35. The summed E-state index contributed by atoms with van der Waals surface area (Å²) in [4.78, 5) is 35.0. The summed E-state index contributed by atoms with van der Waals surface area (Å²) in [7, 11) is -4.46. The fraction of sp³-hybridized carbons (Fsp3) is 0.702. The van der Waals surface area contributed by atoms with Crippen LogP contribution in [0.1, 0.15) is 165 Å². The van der Waals surface area contributed by atoms with Gasteiger partial charge in [0.2, 0.25) is 0 Å². The van der Waals surface area contributed by atoms with Crippen LogP contribution in [-0.4, -0.2) is 71.7 Å². The number of ether oxygens (including phenoxy) is 2. The lowest BCUT2D eigenvalue weighted by Gasteiger charge is -2.20. The summed E-state index contributed by atoms with van der Waals surface area (Å²) < 4.78 is 38.9. The molecule has 1 rings (SSSR count). The SMILES string of the molecule is CCCCCc1oc(CCCCCCCCCCC(=O)OC[C@H](COP(=O)(O)OCCN)OC(=O)CCC[C@H](O)/C=C/C=C\C/C=C\C=C\[C@H](O)CCCCC)c(C)c1C. The third-order valence-corrected chi connectivity index (χ3v) is 11.1. The summed E-state index contributed by atoms with van der Waals surface area (Å²) in [6, 6.07) is 0. The third kappa shape index (κ3) is 29.4. The number of unbranched alkanes of at least 4 members (excludes halogenated alkanes) is 11. The number of esters is 2. The predicted octanol–water partition coefficient (Wildman–Crippen LogP) is 10.3. The Morgan fingerprint density at radius 3 is 1.78 bits per heavy atom. The van der Waals surface area contributed by atoms with E-state index < -0.39 is 44.7 Å². The van der Waals surface area contributed by atoms with Gasteiger partial charge < -0.3 is 34.7 Å². The number of nitrogens with two attached hydrogens (primary N) is 1. The first kappa shape index (κ1) is 55.2. The molecule has 0 fully saturated rings. The van der Waals surface area contributed by atoms with Crippen molar-refractivity contribution in [2.45, 2.75) is 187 Å². The molecule has 5 N–H and O–H groups in total. The van der Waals surface area contributed by atoms with Gasteiger partial charge in [0.05, 0.1) is 25.4 Å². The van der Waals surface area contributed by atoms with Crippen molar-refractivity contribution in [3.8, 4) is 0 Å². The van der Waals surface area contributed by atoms with Gasteiger partial charge in [-0.15, -0.1) is 0 Å². The van der Waals surface area contributed by atoms with E-state index in [1.54, 1.807) is 18.2 Å². The van der Waals surface area contributed by atoms with Gasteiger partial charge in [-0.2, -0.15) is 0 Å². The zero-order chi connectivity index (χ0) is 44.3. The maximum absolute atomic E-state index is 12.6. The molecule has 1 unspecified atom stereocenters. The molecule has 60 heavy (non-hydrogen) atoms. The maximum atomic E-state index is 12.6. The molecule has 0 aliphatic heterocycles. The number of aliphatic hydroxyl groups is 2. The molecule has 0 radical (unpaired) electrons. The van der Waals surface area contributed by atoms with Gasteiger partial charge in [0.25, 0.3) is 0 Å². The first-order valence-electron chi connectivity index (χ1n) is 22.7. The van der Waals surface area contributed by atoms with E-state index in [4.69, 9.17) is 28.7 Å². The molecule has 0 amide bonds. The Hall–Kier alpha value is -2.83. The molecule has 0 aliphatic carbocycles. The number of allylic oxidation sites excluding steroid dienone is 6. The van der Waals surface area contributed by atoms with Crippen LogP contribution in [-0.2, 0) is 45.5 Å². The number of aryl methyl sites for hydroxylation is 2. The van der Waals surface area contributed by atoms with Gasteiger partial charge in [-0.05, 0) is 69.9 Å². The van der Waals surface area contributed by atoms with Crippen molar-refractivity contribution in [2.75, 3.05) is 26.4 Å². The molecule has 0 spiro atoms. The lowest BCUT2D eigenvalue weighted by atomic mass is 10.0. The van der Waals surface area contributed by atoms with Gasteiger partial charge in [-0.25, -0.2) is 4.57 Å². The molecule has 0 aliphatic rings. The normalized spacial score (nSPS) is 14.7. The van der Waals surface area contributed by atoms with E-state index in [2.05, 4.69) is 27.7 Å². The van der Waals surface area contributed by atoms with Gasteiger partial charge in [-0.1, -0.05) is 133 Å². The van der Waals surface area contributed by atoms with Crippen molar-refractivity contribution >= 4 is 19.8 Å². The van der Waals surface area contributed by atoms with Crippen LogP contribution in [0.25, 0.3) is 0 Å². The standard InChI is InChI=1S/C47H80NO11P/c1-5-7-20-27-41(49)28-22-16-12-11-13-17-23-29-42(50)30-26-34-47(52)58-43(38-57-60(53,54)56-36-35-48)37-55-46(51)33-25-19-15-10-9-14-18-24-32-45-40(4)39(3)44(59-45)31-21-8-6-2/h12-13,16-17,22-23,28-29,41-43,49-50H,5-11,14-15,18-21,24-27,30-38,48H2,1-4H3,(H,53,54)/b16-12-,17-13-,28-22+,29-23+/t41-,42-,43-/m1/s1. The number of hydrogen-bond acceptors (Lipinski definition) is 11. The maximum Gasteiger partial charge on any atom is 0.472 e. The van der Waals surface area contributed by atoms with Crippen LogP contribution in [0.15, 0.2) is 53.0 Å². The third-order valence-electron chi connectivity index (χ3n) is 10.1. The van der Waals surface area contributed by atoms with Gasteiger partial charge in [0.15, 0.2) is 6.10 Å². The number of phosphoric acid groups is 1. The Kier molecular flexibility index (Phi) is 32.9. The van der Waals surface area contributed by atoms with Crippen LogP contribution < -0.4 is 5.73 Å². The van der Waals surface area contributed by atoms with Crippen LogP contribution >= 0.6 is 7.82 Å². The molecule has 4 atom stereocenters. The van der Waals surface area contributed by atoms with E-state index in [1.807, 2.05) is 30.4 Å². The Morgan fingerprint density at radius 1 is 0.683 bits per heavy atom. The minimum absolute atomic E-state index is 0.00816. The van der Waals surface area contributed by atoms with Crippen LogP contribution in [0.4, 0.5) is 0 Å². The summed E-state index contributed by atoms with van der Waals surface area (Å²) >= 11 is 0. The van der Waals surface area contributed by atoms with Gasteiger partial charge in [-0.3, -0.25) is 18.6 Å². The zero-order valence-electron chi connectivity index (χ0n) is 37.4. The molecule has 1 aromatic rings. The monoisotopic (exact) mass is 866 g/mol. The van der Waals surface area contributed by atoms with E-state index in [-0.39, 0.29) is 32.6 Å². The number of rotatable bonds is 38. The minimum Gasteiger partial charge on any atom is -0.466 e. The van der Waals surface area contributed by atoms with Crippen LogP contribution in [0.2, 0.25) is 0 Å². The fourth-order valence-corrected chi connectivity index (χ4v) is 7.14. The average Bonchev–Trinajstić information content (AvgIpc) is 3.49. The molecule has 0 saturated carbocycles. The number of aliphatic hydroxyl groups excluding tert-OH is 2. The predicted molar refractivity (Wildman–Crippen MR) is 239 cm³/mol. The number of carbonyl (C=O) groups is 2. The van der Waals surface area contributed by atoms with Crippen molar-refractivity contribution < 1.29 is 52.2 Å². The zero-order valence-corrected chi connectivity index (χ0v) is 38.3. The van der Waals surface area contributed by atoms with Crippen molar-refractivity contribution in [1.29, 1.82) is 0 Å². The van der Waals surface area contributed by atoms with E-state index in [0.717, 1.165) is 82.1 Å². The Labute approximate surface area is 361 Å². The first-order chi connectivity index (χ1) is 28.9. The fourth-order valence-electron chi connectivity index (χ4n) is 6.38. The highest BCUT2D eigenvalue weighted by Crippen LogP contribution is 2.43. The Morgan fingerprint density at radius 2 is 1.20 bits per heavy atom. The van der Waals surface area contributed by atoms with Crippen molar-refractivity contribution in [3.63, 3.8) is 0 Å². The highest BCUT2D eigenvalue weighted by molar-refractivity contribution is 7.47. The second kappa shape index (κ2) is 35.7. The summed E-state index contributed by atoms with van der Waals surface area (Å²) in [5.41, 5.74) is 7.97. The lowest BCUT2D eigenvalue weighted by molar-refractivity contribution is -0.161. The van der Waals surface area contributed by atoms with Crippen molar-refractivity contribution in [2.24, 2.45) is 5.73 Å². The quantitative estimate of drug-likeness (QED) is 0.0213. The molecule has 0 aromatic carbocycles. The topological polar surface area (TPSA) is 188 Å². The second-order valence-corrected chi connectivity index (χ2v) is 17.0. The number of furan rings is 1. The molecule has 344 valence electrons. The van der Waals surface area contributed by atoms with Crippen molar-refractivity contribution in [1.82, 2.24) is 0 Å². The van der Waals surface area contributed by atoms with Crippen LogP contribution in [0.3, 0.4) is 0 Å². The lowest BCUT2D eigenvalue weighted by Crippen LogP contribution is -2.29. The average molecular weight is 866 g/mol. The molecule has 1 aromatic heterocycles. The first-order valence-corrected chi connectivity index (χ1v) is 24.2. The van der Waals surface area contributed by atoms with Gasteiger partial charge in [0.1, 0.15) is 18.1 Å². The van der Waals surface area contributed by atoms with Crippen LogP contribution in [0, 0.1) is 13.8 Å². The highest BCUT2D eigenvalue weighted by Gasteiger charge is 2.26. The van der Waals surface area contributed by atoms with Crippen molar-refractivity contribution in [3.05, 3.63) is 71.3 Å². The number of hydrogen-bond donors (Lipinski definition) is 4. The molecule has 0 saturated heterocycles. The van der Waals surface area contributed by atoms with E-state index in [0.29, 0.717) is 25.7 Å².